The minimum absolute atomic E-state index is 0.119. The van der Waals surface area contributed by atoms with Gasteiger partial charge in [-0.1, -0.05) is 72.8 Å². The molecule has 1 heterocycles. The van der Waals surface area contributed by atoms with Crippen LogP contribution in [-0.4, -0.2) is 19.6 Å². The van der Waals surface area contributed by atoms with Gasteiger partial charge < -0.3 is 9.64 Å². The zero-order valence-electron chi connectivity index (χ0n) is 16.6. The largest absolute Gasteiger partial charge is 0.465 e. The van der Waals surface area contributed by atoms with Gasteiger partial charge in [0, 0.05) is 18.4 Å². The molecule has 5 rings (SSSR count). The minimum Gasteiger partial charge on any atom is -0.465 e. The molecule has 1 aliphatic heterocycles. The molecule has 2 atom stereocenters. The fraction of sp³-hybridized carbons (Fsp3) is 0.192. The fourth-order valence-corrected chi connectivity index (χ4v) is 4.90. The molecule has 0 amide bonds. The van der Waals surface area contributed by atoms with E-state index in [9.17, 15) is 4.79 Å². The van der Waals surface area contributed by atoms with E-state index in [1.54, 1.807) is 0 Å². The molecular weight excluding hydrogens is 358 g/mol. The molecule has 3 aromatic rings. The first-order valence-electron chi connectivity index (χ1n) is 10.1. The van der Waals surface area contributed by atoms with E-state index in [-0.39, 0.29) is 11.9 Å². The lowest BCUT2D eigenvalue weighted by molar-refractivity contribution is -0.143. The molecule has 3 nitrogen and oxygen atoms in total. The second-order valence-electron chi connectivity index (χ2n) is 7.53. The third kappa shape index (κ3) is 2.61. The number of fused-ring (bicyclic) bond motifs is 5. The SMILES string of the molecule is CCOC(=O)C1C(c2ccccc2)=C2C(c3ccccc31)c1ccccc1N2C. The number of nitrogens with zero attached hydrogens (tertiary/aromatic N) is 1. The quantitative estimate of drug-likeness (QED) is 0.574. The Balaban J connectivity index is 1.85. The lowest BCUT2D eigenvalue weighted by Gasteiger charge is -2.34. The summed E-state index contributed by atoms with van der Waals surface area (Å²) in [6.45, 7) is 2.23. The monoisotopic (exact) mass is 381 g/mol. The Kier molecular flexibility index (Phi) is 4.24. The van der Waals surface area contributed by atoms with Crippen LogP contribution < -0.4 is 4.90 Å². The number of anilines is 1. The fourth-order valence-electron chi connectivity index (χ4n) is 4.90. The number of allylic oxidation sites excluding steroid dienone is 1. The molecular formula is C26H23NO2. The third-order valence-electron chi connectivity index (χ3n) is 6.03. The first-order chi connectivity index (χ1) is 14.2. The third-order valence-corrected chi connectivity index (χ3v) is 6.03. The molecule has 3 heteroatoms. The molecule has 0 aromatic heterocycles. The van der Waals surface area contributed by atoms with Crippen LogP contribution in [0.25, 0.3) is 5.57 Å². The van der Waals surface area contributed by atoms with Crippen LogP contribution in [0, 0.1) is 0 Å². The highest BCUT2D eigenvalue weighted by Crippen LogP contribution is 2.56. The summed E-state index contributed by atoms with van der Waals surface area (Å²) in [5.74, 6) is -0.501. The Morgan fingerprint density at radius 1 is 0.862 bits per heavy atom. The van der Waals surface area contributed by atoms with Crippen LogP contribution in [0.4, 0.5) is 5.69 Å². The summed E-state index contributed by atoms with van der Waals surface area (Å²) in [6.07, 6.45) is 0. The Hall–Kier alpha value is -3.33. The van der Waals surface area contributed by atoms with Crippen molar-refractivity contribution >= 4 is 17.2 Å². The zero-order valence-corrected chi connectivity index (χ0v) is 16.6. The van der Waals surface area contributed by atoms with Crippen molar-refractivity contribution in [3.8, 4) is 0 Å². The topological polar surface area (TPSA) is 29.5 Å². The van der Waals surface area contributed by atoms with Gasteiger partial charge in [0.1, 0.15) is 5.92 Å². The predicted molar refractivity (Wildman–Crippen MR) is 116 cm³/mol. The van der Waals surface area contributed by atoms with E-state index >= 15 is 0 Å². The number of carbonyl (C=O) groups is 1. The zero-order chi connectivity index (χ0) is 20.0. The van der Waals surface area contributed by atoms with Gasteiger partial charge in [-0.05, 0) is 40.8 Å². The molecule has 29 heavy (non-hydrogen) atoms. The van der Waals surface area contributed by atoms with Gasteiger partial charge in [0.25, 0.3) is 0 Å². The maximum absolute atomic E-state index is 13.2. The smallest absolute Gasteiger partial charge is 0.318 e. The lowest BCUT2D eigenvalue weighted by Crippen LogP contribution is -2.28. The number of carbonyl (C=O) groups excluding carboxylic acids is 1. The number of hydrogen-bond donors (Lipinski definition) is 0. The number of esters is 1. The summed E-state index contributed by atoms with van der Waals surface area (Å²) in [4.78, 5) is 15.5. The number of likely N-dealkylation sites (N-methyl/N-ethyl adjacent to an activating group) is 1. The standard InChI is InChI=1S/C26H23NO2/c1-3-29-26(28)24-19-14-8-7-13-18(19)23-20-15-9-10-16-21(20)27(2)25(23)22(24)17-11-5-4-6-12-17/h4-16,23-24H,3H2,1-2H3. The highest BCUT2D eigenvalue weighted by molar-refractivity contribution is 6.00. The maximum atomic E-state index is 13.2. The summed E-state index contributed by atoms with van der Waals surface area (Å²) in [5.41, 5.74) is 8.01. The molecule has 0 fully saturated rings. The van der Waals surface area contributed by atoms with Crippen LogP contribution in [0.15, 0.2) is 84.6 Å². The van der Waals surface area contributed by atoms with Gasteiger partial charge in [0.15, 0.2) is 0 Å². The highest BCUT2D eigenvalue weighted by Gasteiger charge is 2.45. The summed E-state index contributed by atoms with van der Waals surface area (Å²) >= 11 is 0. The van der Waals surface area contributed by atoms with Gasteiger partial charge in [0.2, 0.25) is 0 Å². The van der Waals surface area contributed by atoms with Gasteiger partial charge >= 0.3 is 5.97 Å². The number of benzene rings is 3. The van der Waals surface area contributed by atoms with E-state index in [4.69, 9.17) is 4.74 Å². The van der Waals surface area contributed by atoms with Gasteiger partial charge in [0.05, 0.1) is 12.5 Å². The van der Waals surface area contributed by atoms with Gasteiger partial charge in [-0.3, -0.25) is 4.79 Å². The van der Waals surface area contributed by atoms with Crippen molar-refractivity contribution in [1.29, 1.82) is 0 Å². The van der Waals surface area contributed by atoms with E-state index in [2.05, 4.69) is 66.5 Å². The van der Waals surface area contributed by atoms with Crippen molar-refractivity contribution in [3.63, 3.8) is 0 Å². The summed E-state index contributed by atoms with van der Waals surface area (Å²) in [5, 5.41) is 0. The van der Waals surface area contributed by atoms with Crippen molar-refractivity contribution in [3.05, 3.63) is 107 Å². The van der Waals surface area contributed by atoms with Crippen molar-refractivity contribution in [1.82, 2.24) is 0 Å². The lowest BCUT2D eigenvalue weighted by atomic mass is 9.72. The van der Waals surface area contributed by atoms with Gasteiger partial charge in [-0.25, -0.2) is 0 Å². The molecule has 0 saturated heterocycles. The van der Waals surface area contributed by atoms with Crippen molar-refractivity contribution in [2.24, 2.45) is 0 Å². The second-order valence-corrected chi connectivity index (χ2v) is 7.53. The Bertz CT molecular complexity index is 1120. The van der Waals surface area contributed by atoms with Gasteiger partial charge in [-0.15, -0.1) is 0 Å². The number of hydrogen-bond acceptors (Lipinski definition) is 3. The molecule has 3 aromatic carbocycles. The predicted octanol–water partition coefficient (Wildman–Crippen LogP) is 5.34. The Morgan fingerprint density at radius 3 is 2.21 bits per heavy atom. The van der Waals surface area contributed by atoms with Crippen LogP contribution >= 0.6 is 0 Å². The minimum atomic E-state index is -0.434. The van der Waals surface area contributed by atoms with E-state index in [0.717, 1.165) is 16.7 Å². The molecule has 0 spiro atoms. The molecule has 144 valence electrons. The number of ether oxygens (including phenoxy) is 1. The van der Waals surface area contributed by atoms with E-state index < -0.39 is 5.92 Å². The molecule has 0 radical (unpaired) electrons. The summed E-state index contributed by atoms with van der Waals surface area (Å²) in [6, 6.07) is 27.1. The average Bonchev–Trinajstić information content (AvgIpc) is 3.06. The molecule has 2 unspecified atom stereocenters. The first kappa shape index (κ1) is 17.7. The van der Waals surface area contributed by atoms with Crippen molar-refractivity contribution in [2.75, 3.05) is 18.6 Å². The molecule has 0 saturated carbocycles. The normalized spacial score (nSPS) is 19.4. The van der Waals surface area contributed by atoms with E-state index in [1.165, 1.54) is 22.5 Å². The van der Waals surface area contributed by atoms with Crippen molar-refractivity contribution in [2.45, 2.75) is 18.8 Å². The first-order valence-corrected chi connectivity index (χ1v) is 10.1. The maximum Gasteiger partial charge on any atom is 0.318 e. The van der Waals surface area contributed by atoms with Crippen LogP contribution in [0.5, 0.6) is 0 Å². The number of para-hydroxylation sites is 1. The summed E-state index contributed by atoms with van der Waals surface area (Å²) < 4.78 is 5.56. The van der Waals surface area contributed by atoms with Crippen molar-refractivity contribution < 1.29 is 9.53 Å². The summed E-state index contributed by atoms with van der Waals surface area (Å²) in [7, 11) is 2.10. The molecule has 2 aliphatic rings. The van der Waals surface area contributed by atoms with Crippen LogP contribution in [-0.2, 0) is 9.53 Å². The van der Waals surface area contributed by atoms with E-state index in [1.807, 2.05) is 31.2 Å². The Morgan fingerprint density at radius 2 is 1.48 bits per heavy atom. The Labute approximate surface area is 171 Å². The van der Waals surface area contributed by atoms with Crippen LogP contribution in [0.2, 0.25) is 0 Å². The number of rotatable bonds is 3. The average molecular weight is 381 g/mol. The molecule has 0 bridgehead atoms. The molecule has 0 N–H and O–H groups in total. The molecule has 1 aliphatic carbocycles. The second kappa shape index (κ2) is 6.93. The van der Waals surface area contributed by atoms with E-state index in [0.29, 0.717) is 6.61 Å². The van der Waals surface area contributed by atoms with Crippen LogP contribution in [0.3, 0.4) is 0 Å². The van der Waals surface area contributed by atoms with Gasteiger partial charge in [-0.2, -0.15) is 0 Å². The van der Waals surface area contributed by atoms with Crippen LogP contribution in [0.1, 0.15) is 41.0 Å². The highest BCUT2D eigenvalue weighted by atomic mass is 16.5.